The van der Waals surface area contributed by atoms with E-state index in [2.05, 4.69) is 11.6 Å². The molecule has 2 rings (SSSR count). The van der Waals surface area contributed by atoms with Crippen molar-refractivity contribution in [1.29, 1.82) is 0 Å². The van der Waals surface area contributed by atoms with Crippen molar-refractivity contribution in [3.63, 3.8) is 0 Å². The van der Waals surface area contributed by atoms with Crippen LogP contribution in [0.3, 0.4) is 0 Å². The van der Waals surface area contributed by atoms with Gasteiger partial charge in [0, 0.05) is 18.7 Å². The predicted octanol–water partition coefficient (Wildman–Crippen LogP) is 2.24. The molecule has 1 aromatic rings. The van der Waals surface area contributed by atoms with Crippen molar-refractivity contribution in [2.24, 2.45) is 5.92 Å². The third kappa shape index (κ3) is 3.97. The SMILES string of the molecule is Cc1ccc(C(=O)N(C)C(C)C2CC2)cc1NS(C)(=O)=O. The van der Waals surface area contributed by atoms with Crippen molar-refractivity contribution in [1.82, 2.24) is 4.90 Å². The highest BCUT2D eigenvalue weighted by Crippen LogP contribution is 2.35. The maximum atomic E-state index is 12.5. The summed E-state index contributed by atoms with van der Waals surface area (Å²) >= 11 is 0. The monoisotopic (exact) mass is 310 g/mol. The zero-order chi connectivity index (χ0) is 15.8. The van der Waals surface area contributed by atoms with Crippen LogP contribution in [0.2, 0.25) is 0 Å². The van der Waals surface area contributed by atoms with Gasteiger partial charge in [-0.3, -0.25) is 9.52 Å². The zero-order valence-electron chi connectivity index (χ0n) is 12.9. The van der Waals surface area contributed by atoms with E-state index in [4.69, 9.17) is 0 Å². The van der Waals surface area contributed by atoms with Gasteiger partial charge in [-0.1, -0.05) is 6.07 Å². The molecule has 21 heavy (non-hydrogen) atoms. The van der Waals surface area contributed by atoms with E-state index in [0.717, 1.165) is 11.8 Å². The molecule has 0 spiro atoms. The summed E-state index contributed by atoms with van der Waals surface area (Å²) in [6, 6.07) is 5.32. The third-order valence-electron chi connectivity index (χ3n) is 4.02. The lowest BCUT2D eigenvalue weighted by atomic mass is 10.1. The van der Waals surface area contributed by atoms with Gasteiger partial charge in [0.25, 0.3) is 5.91 Å². The molecule has 0 saturated heterocycles. The topological polar surface area (TPSA) is 66.5 Å². The first kappa shape index (κ1) is 15.8. The number of carbonyl (C=O) groups is 1. The number of carbonyl (C=O) groups excluding carboxylic acids is 1. The normalized spacial score (nSPS) is 16.4. The van der Waals surface area contributed by atoms with Gasteiger partial charge in [0.2, 0.25) is 10.0 Å². The number of amides is 1. The number of rotatable bonds is 5. The highest BCUT2D eigenvalue weighted by atomic mass is 32.2. The van der Waals surface area contributed by atoms with Gasteiger partial charge in [-0.05, 0) is 50.3 Å². The summed E-state index contributed by atoms with van der Waals surface area (Å²) in [4.78, 5) is 14.2. The van der Waals surface area contributed by atoms with Gasteiger partial charge < -0.3 is 4.90 Å². The van der Waals surface area contributed by atoms with Gasteiger partial charge in [0.05, 0.1) is 11.9 Å². The van der Waals surface area contributed by atoms with Crippen molar-refractivity contribution in [3.8, 4) is 0 Å². The average molecular weight is 310 g/mol. The van der Waals surface area contributed by atoms with Crippen molar-refractivity contribution in [2.75, 3.05) is 18.0 Å². The van der Waals surface area contributed by atoms with Crippen LogP contribution in [0, 0.1) is 12.8 Å². The van der Waals surface area contributed by atoms with E-state index in [1.54, 1.807) is 37.1 Å². The minimum Gasteiger partial charge on any atom is -0.339 e. The van der Waals surface area contributed by atoms with Crippen molar-refractivity contribution < 1.29 is 13.2 Å². The Morgan fingerprint density at radius 1 is 1.38 bits per heavy atom. The van der Waals surface area contributed by atoms with Crippen molar-refractivity contribution in [3.05, 3.63) is 29.3 Å². The predicted molar refractivity (Wildman–Crippen MR) is 83.9 cm³/mol. The molecule has 1 unspecified atom stereocenters. The fraction of sp³-hybridized carbons (Fsp3) is 0.533. The Labute approximate surface area is 126 Å². The largest absolute Gasteiger partial charge is 0.339 e. The first-order valence-corrected chi connectivity index (χ1v) is 8.94. The fourth-order valence-electron chi connectivity index (χ4n) is 2.35. The maximum Gasteiger partial charge on any atom is 0.253 e. The summed E-state index contributed by atoms with van der Waals surface area (Å²) in [5.74, 6) is 0.518. The second-order valence-electron chi connectivity index (χ2n) is 5.90. The lowest BCUT2D eigenvalue weighted by molar-refractivity contribution is 0.0727. The van der Waals surface area contributed by atoms with Crippen molar-refractivity contribution in [2.45, 2.75) is 32.7 Å². The minimum absolute atomic E-state index is 0.0778. The molecule has 1 N–H and O–H groups in total. The number of aryl methyl sites for hydroxylation is 1. The van der Waals surface area contributed by atoms with E-state index < -0.39 is 10.0 Å². The van der Waals surface area contributed by atoms with Gasteiger partial charge in [-0.2, -0.15) is 0 Å². The molecule has 1 fully saturated rings. The summed E-state index contributed by atoms with van der Waals surface area (Å²) in [5, 5.41) is 0. The van der Waals surface area contributed by atoms with Crippen molar-refractivity contribution >= 4 is 21.6 Å². The number of nitrogens with one attached hydrogen (secondary N) is 1. The molecule has 1 saturated carbocycles. The average Bonchev–Trinajstić information content (AvgIpc) is 3.21. The molecule has 1 amide bonds. The Morgan fingerprint density at radius 2 is 2.00 bits per heavy atom. The molecule has 1 aromatic carbocycles. The summed E-state index contributed by atoms with van der Waals surface area (Å²) in [6.07, 6.45) is 3.45. The van der Waals surface area contributed by atoms with E-state index in [1.807, 2.05) is 0 Å². The summed E-state index contributed by atoms with van der Waals surface area (Å²) < 4.78 is 25.2. The molecular formula is C15H22N2O3S. The van der Waals surface area contributed by atoms with Gasteiger partial charge >= 0.3 is 0 Å². The van der Waals surface area contributed by atoms with E-state index in [1.165, 1.54) is 12.8 Å². The van der Waals surface area contributed by atoms with Crippen LogP contribution in [0.4, 0.5) is 5.69 Å². The first-order chi connectivity index (χ1) is 9.69. The maximum absolute atomic E-state index is 12.5. The molecule has 6 heteroatoms. The van der Waals surface area contributed by atoms with Crippen LogP contribution in [0.5, 0.6) is 0 Å². The lowest BCUT2D eigenvalue weighted by Gasteiger charge is -2.25. The van der Waals surface area contributed by atoms with Crippen LogP contribution < -0.4 is 4.72 Å². The number of anilines is 1. The second-order valence-corrected chi connectivity index (χ2v) is 7.65. The molecule has 0 bridgehead atoms. The summed E-state index contributed by atoms with van der Waals surface area (Å²) in [6.45, 7) is 3.86. The number of hydrogen-bond donors (Lipinski definition) is 1. The Bertz CT molecular complexity index is 651. The molecule has 116 valence electrons. The van der Waals surface area contributed by atoms with Crippen LogP contribution in [-0.4, -0.2) is 38.6 Å². The van der Waals surface area contributed by atoms with Gasteiger partial charge in [0.15, 0.2) is 0 Å². The summed E-state index contributed by atoms with van der Waals surface area (Å²) in [5.41, 5.74) is 1.74. The molecular weight excluding hydrogens is 288 g/mol. The molecule has 1 aliphatic carbocycles. The van der Waals surface area contributed by atoms with E-state index in [-0.39, 0.29) is 11.9 Å². The number of sulfonamides is 1. The van der Waals surface area contributed by atoms with E-state index in [9.17, 15) is 13.2 Å². The minimum atomic E-state index is -3.36. The molecule has 1 aliphatic rings. The van der Waals surface area contributed by atoms with Crippen LogP contribution in [-0.2, 0) is 10.0 Å². The van der Waals surface area contributed by atoms with Gasteiger partial charge in [0.1, 0.15) is 0 Å². The molecule has 0 heterocycles. The van der Waals surface area contributed by atoms with Gasteiger partial charge in [-0.15, -0.1) is 0 Å². The number of nitrogens with zero attached hydrogens (tertiary/aromatic N) is 1. The smallest absolute Gasteiger partial charge is 0.253 e. The van der Waals surface area contributed by atoms with E-state index in [0.29, 0.717) is 17.2 Å². The highest BCUT2D eigenvalue weighted by Gasteiger charge is 2.32. The van der Waals surface area contributed by atoms with E-state index >= 15 is 0 Å². The Hall–Kier alpha value is -1.56. The Balaban J connectivity index is 2.23. The molecule has 0 aliphatic heterocycles. The lowest BCUT2D eigenvalue weighted by Crippen LogP contribution is -2.36. The summed E-state index contributed by atoms with van der Waals surface area (Å²) in [7, 11) is -1.56. The molecule has 0 radical (unpaired) electrons. The molecule has 0 aromatic heterocycles. The third-order valence-corrected chi connectivity index (χ3v) is 4.61. The first-order valence-electron chi connectivity index (χ1n) is 7.04. The number of hydrogen-bond acceptors (Lipinski definition) is 3. The number of benzene rings is 1. The second kappa shape index (κ2) is 5.67. The Morgan fingerprint density at radius 3 is 2.52 bits per heavy atom. The molecule has 5 nitrogen and oxygen atoms in total. The van der Waals surface area contributed by atoms with Crippen LogP contribution in [0.1, 0.15) is 35.7 Å². The van der Waals surface area contributed by atoms with Crippen LogP contribution in [0.25, 0.3) is 0 Å². The molecule has 1 atom stereocenters. The zero-order valence-corrected chi connectivity index (χ0v) is 13.7. The van der Waals surface area contributed by atoms with Gasteiger partial charge in [-0.25, -0.2) is 8.42 Å². The standard InChI is InChI=1S/C15H22N2O3S/c1-10-5-6-13(9-14(10)16-21(4,19)20)15(18)17(3)11(2)12-7-8-12/h5-6,9,11-12,16H,7-8H2,1-4H3. The highest BCUT2D eigenvalue weighted by molar-refractivity contribution is 7.92. The quantitative estimate of drug-likeness (QED) is 0.907. The Kier molecular flexibility index (Phi) is 4.27. The van der Waals surface area contributed by atoms with Crippen LogP contribution >= 0.6 is 0 Å². The van der Waals surface area contributed by atoms with Crippen LogP contribution in [0.15, 0.2) is 18.2 Å². The fourth-order valence-corrected chi connectivity index (χ4v) is 2.97.